The number of carbonyl (C=O) groups excluding carboxylic acids is 1. The number of alkyl halides is 3. The van der Waals surface area contributed by atoms with Crippen molar-refractivity contribution in [3.8, 4) is 0 Å². The molecule has 4 rings (SSSR count). The third kappa shape index (κ3) is 5.39. The average Bonchev–Trinajstić information content (AvgIpc) is 2.77. The van der Waals surface area contributed by atoms with Crippen molar-refractivity contribution in [2.45, 2.75) is 38.8 Å². The second-order valence-electron chi connectivity index (χ2n) is 8.51. The van der Waals surface area contributed by atoms with Crippen molar-refractivity contribution in [2.24, 2.45) is 5.92 Å². The van der Waals surface area contributed by atoms with Crippen LogP contribution < -0.4 is 10.2 Å². The van der Waals surface area contributed by atoms with Gasteiger partial charge in [-0.2, -0.15) is 13.2 Å². The highest BCUT2D eigenvalue weighted by Gasteiger charge is 2.29. The number of amides is 1. The normalized spacial score (nSPS) is 16.9. The number of aromatic nitrogens is 1. The van der Waals surface area contributed by atoms with Crippen LogP contribution in [0.5, 0.6) is 0 Å². The summed E-state index contributed by atoms with van der Waals surface area (Å²) in [6.07, 6.45) is -1.36. The summed E-state index contributed by atoms with van der Waals surface area (Å²) in [5.41, 5.74) is 1.56. The van der Waals surface area contributed by atoms with Crippen LogP contribution in [0.2, 0.25) is 0 Å². The molecule has 32 heavy (non-hydrogen) atoms. The predicted octanol–water partition coefficient (Wildman–Crippen LogP) is 6.06. The second kappa shape index (κ2) is 9.18. The topological polar surface area (TPSA) is 45.2 Å². The molecule has 1 atom stereocenters. The summed E-state index contributed by atoms with van der Waals surface area (Å²) in [5.74, 6) is 1.47. The molecule has 2 aromatic carbocycles. The fraction of sp³-hybridized carbons (Fsp3) is 0.360. The molecule has 1 aliphatic heterocycles. The van der Waals surface area contributed by atoms with Crippen molar-refractivity contribution < 1.29 is 18.0 Å². The van der Waals surface area contributed by atoms with Gasteiger partial charge in [-0.05, 0) is 73.2 Å². The molecule has 1 aromatic heterocycles. The van der Waals surface area contributed by atoms with Crippen molar-refractivity contribution in [1.29, 1.82) is 0 Å². The summed E-state index contributed by atoms with van der Waals surface area (Å²) in [6, 6.07) is 14.6. The van der Waals surface area contributed by atoms with E-state index in [2.05, 4.69) is 17.1 Å². The number of hydrogen-bond donors (Lipinski definition) is 1. The van der Waals surface area contributed by atoms with Crippen molar-refractivity contribution in [3.05, 3.63) is 65.7 Å². The molecule has 1 aliphatic rings. The number of pyridine rings is 1. The fourth-order valence-corrected chi connectivity index (χ4v) is 4.11. The molecule has 1 saturated heterocycles. The van der Waals surface area contributed by atoms with E-state index in [0.717, 1.165) is 41.9 Å². The molecule has 3 aromatic rings. The Morgan fingerprint density at radius 1 is 1.12 bits per heavy atom. The first-order valence-corrected chi connectivity index (χ1v) is 10.9. The van der Waals surface area contributed by atoms with Crippen molar-refractivity contribution in [1.82, 2.24) is 4.98 Å². The highest BCUT2D eigenvalue weighted by atomic mass is 19.4. The molecule has 0 aliphatic carbocycles. The maximum absolute atomic E-state index is 12.6. The Kier molecular flexibility index (Phi) is 6.35. The van der Waals surface area contributed by atoms with Gasteiger partial charge in [0.15, 0.2) is 0 Å². The third-order valence-electron chi connectivity index (χ3n) is 5.86. The number of carbonyl (C=O) groups is 1. The number of hydrogen-bond acceptors (Lipinski definition) is 3. The zero-order valence-electron chi connectivity index (χ0n) is 18.0. The standard InChI is InChI=1S/C25H26F3N3O/c1-17-3-2-14-31(16-17)23-12-7-19-15-21(10-11-22(19)30-23)29-24(32)13-6-18-4-8-20(9-5-18)25(26,27)28/h4-5,7-12,15,17H,2-3,6,13-14,16H2,1H3,(H,29,32)/t17-/m0/s1. The zero-order valence-corrected chi connectivity index (χ0v) is 18.0. The number of nitrogens with one attached hydrogen (secondary N) is 1. The van der Waals surface area contributed by atoms with Crippen LogP contribution in [0.1, 0.15) is 37.3 Å². The average molecular weight is 441 g/mol. The highest BCUT2D eigenvalue weighted by Crippen LogP contribution is 2.29. The number of fused-ring (bicyclic) bond motifs is 1. The van der Waals surface area contributed by atoms with E-state index in [1.54, 1.807) is 0 Å². The van der Waals surface area contributed by atoms with E-state index in [1.165, 1.54) is 25.0 Å². The SMILES string of the molecule is C[C@H]1CCCN(c2ccc3cc(NC(=O)CCc4ccc(C(F)(F)F)cc4)ccc3n2)C1. The summed E-state index contributed by atoms with van der Waals surface area (Å²) in [4.78, 5) is 19.4. The lowest BCUT2D eigenvalue weighted by molar-refractivity contribution is -0.137. The van der Waals surface area contributed by atoms with Crippen LogP contribution in [0.25, 0.3) is 10.9 Å². The molecule has 1 amide bonds. The molecule has 0 saturated carbocycles. The van der Waals surface area contributed by atoms with Gasteiger partial charge in [-0.3, -0.25) is 4.79 Å². The first-order chi connectivity index (χ1) is 15.3. The molecule has 0 radical (unpaired) electrons. The lowest BCUT2D eigenvalue weighted by Crippen LogP contribution is -2.34. The summed E-state index contributed by atoms with van der Waals surface area (Å²) < 4.78 is 37.9. The molecule has 4 nitrogen and oxygen atoms in total. The van der Waals surface area contributed by atoms with Gasteiger partial charge >= 0.3 is 6.18 Å². The van der Waals surface area contributed by atoms with E-state index in [9.17, 15) is 18.0 Å². The first kappa shape index (κ1) is 22.1. The minimum absolute atomic E-state index is 0.184. The Hall–Kier alpha value is -3.09. The van der Waals surface area contributed by atoms with Crippen LogP contribution in [0, 0.1) is 5.92 Å². The van der Waals surface area contributed by atoms with Crippen molar-refractivity contribution in [2.75, 3.05) is 23.3 Å². The van der Waals surface area contributed by atoms with E-state index in [4.69, 9.17) is 4.98 Å². The Balaban J connectivity index is 1.36. The second-order valence-corrected chi connectivity index (χ2v) is 8.51. The van der Waals surface area contributed by atoms with Crippen LogP contribution in [0.15, 0.2) is 54.6 Å². The predicted molar refractivity (Wildman–Crippen MR) is 121 cm³/mol. The molecule has 1 fully saturated rings. The van der Waals surface area contributed by atoms with E-state index in [-0.39, 0.29) is 12.3 Å². The molecule has 1 N–H and O–H groups in total. The van der Waals surface area contributed by atoms with E-state index < -0.39 is 11.7 Å². The lowest BCUT2D eigenvalue weighted by atomic mass is 10.0. The van der Waals surface area contributed by atoms with Gasteiger partial charge in [0.05, 0.1) is 11.1 Å². The van der Waals surface area contributed by atoms with Gasteiger partial charge < -0.3 is 10.2 Å². The largest absolute Gasteiger partial charge is 0.416 e. The fourth-order valence-electron chi connectivity index (χ4n) is 4.11. The molecule has 2 heterocycles. The highest BCUT2D eigenvalue weighted by molar-refractivity contribution is 5.94. The molecule has 7 heteroatoms. The van der Waals surface area contributed by atoms with E-state index in [0.29, 0.717) is 23.6 Å². The minimum Gasteiger partial charge on any atom is -0.356 e. The summed E-state index contributed by atoms with van der Waals surface area (Å²) in [5, 5.41) is 3.81. The van der Waals surface area contributed by atoms with Gasteiger partial charge in [-0.15, -0.1) is 0 Å². The Bertz CT molecular complexity index is 1100. The molecule has 168 valence electrons. The van der Waals surface area contributed by atoms with Crippen LogP contribution in [0.3, 0.4) is 0 Å². The summed E-state index contributed by atoms with van der Waals surface area (Å²) in [7, 11) is 0. The number of nitrogens with zero attached hydrogens (tertiary/aromatic N) is 2. The number of aryl methyl sites for hydroxylation is 1. The van der Waals surface area contributed by atoms with Gasteiger partial charge in [0, 0.05) is 30.6 Å². The number of piperidine rings is 1. The van der Waals surface area contributed by atoms with E-state index in [1.807, 2.05) is 30.3 Å². The summed E-state index contributed by atoms with van der Waals surface area (Å²) >= 11 is 0. The van der Waals surface area contributed by atoms with Gasteiger partial charge in [0.25, 0.3) is 0 Å². The smallest absolute Gasteiger partial charge is 0.356 e. The van der Waals surface area contributed by atoms with Crippen LogP contribution >= 0.6 is 0 Å². The van der Waals surface area contributed by atoms with Crippen LogP contribution in [0.4, 0.5) is 24.7 Å². The first-order valence-electron chi connectivity index (χ1n) is 10.9. The lowest BCUT2D eigenvalue weighted by Gasteiger charge is -2.32. The molecular formula is C25H26F3N3O. The van der Waals surface area contributed by atoms with Crippen LogP contribution in [-0.4, -0.2) is 24.0 Å². The molecular weight excluding hydrogens is 415 g/mol. The maximum Gasteiger partial charge on any atom is 0.416 e. The van der Waals surface area contributed by atoms with E-state index >= 15 is 0 Å². The third-order valence-corrected chi connectivity index (χ3v) is 5.86. The van der Waals surface area contributed by atoms with Crippen molar-refractivity contribution in [3.63, 3.8) is 0 Å². The molecule has 0 unspecified atom stereocenters. The maximum atomic E-state index is 12.6. The quantitative estimate of drug-likeness (QED) is 0.523. The monoisotopic (exact) mass is 441 g/mol. The summed E-state index contributed by atoms with van der Waals surface area (Å²) in [6.45, 7) is 4.31. The zero-order chi connectivity index (χ0) is 22.7. The Labute approximate surface area is 185 Å². The Morgan fingerprint density at radius 3 is 2.62 bits per heavy atom. The number of rotatable bonds is 5. The number of halogens is 3. The van der Waals surface area contributed by atoms with Crippen molar-refractivity contribution >= 4 is 28.3 Å². The van der Waals surface area contributed by atoms with Gasteiger partial charge in [0.2, 0.25) is 5.91 Å². The molecule has 0 spiro atoms. The number of benzene rings is 2. The van der Waals surface area contributed by atoms with Gasteiger partial charge in [0.1, 0.15) is 5.82 Å². The Morgan fingerprint density at radius 2 is 1.91 bits per heavy atom. The minimum atomic E-state index is -4.35. The van der Waals surface area contributed by atoms with Crippen LogP contribution in [-0.2, 0) is 17.4 Å². The van der Waals surface area contributed by atoms with Gasteiger partial charge in [-0.1, -0.05) is 19.1 Å². The molecule has 0 bridgehead atoms. The van der Waals surface area contributed by atoms with Gasteiger partial charge in [-0.25, -0.2) is 4.98 Å². The number of anilines is 2.